The van der Waals surface area contributed by atoms with Gasteiger partial charge in [0, 0.05) is 45.9 Å². The van der Waals surface area contributed by atoms with Crippen molar-refractivity contribution >= 4 is 5.96 Å². The van der Waals surface area contributed by atoms with Crippen LogP contribution in [0.4, 0.5) is 0 Å². The number of hydrogen-bond acceptors (Lipinski definition) is 3. The predicted molar refractivity (Wildman–Crippen MR) is 94.5 cm³/mol. The van der Waals surface area contributed by atoms with E-state index in [1.165, 1.54) is 25.9 Å². The van der Waals surface area contributed by atoms with Crippen LogP contribution in [0.1, 0.15) is 46.5 Å². The third-order valence-electron chi connectivity index (χ3n) is 4.31. The number of likely N-dealkylation sites (tertiary alicyclic amines) is 1. The van der Waals surface area contributed by atoms with Crippen LogP contribution in [-0.2, 0) is 4.74 Å². The Kier molecular flexibility index (Phi) is 10.2. The monoisotopic (exact) mass is 312 g/mol. The van der Waals surface area contributed by atoms with E-state index in [1.807, 2.05) is 14.0 Å². The first-order valence-electron chi connectivity index (χ1n) is 8.93. The maximum atomic E-state index is 5.34. The fourth-order valence-electron chi connectivity index (χ4n) is 2.90. The summed E-state index contributed by atoms with van der Waals surface area (Å²) in [5.41, 5.74) is 0. The van der Waals surface area contributed by atoms with E-state index in [4.69, 9.17) is 4.74 Å². The van der Waals surface area contributed by atoms with Gasteiger partial charge in [-0.15, -0.1) is 0 Å². The average molecular weight is 313 g/mol. The van der Waals surface area contributed by atoms with Crippen LogP contribution in [0.3, 0.4) is 0 Å². The van der Waals surface area contributed by atoms with Crippen LogP contribution in [0.5, 0.6) is 0 Å². The lowest BCUT2D eigenvalue weighted by atomic mass is 9.99. The molecular weight excluding hydrogens is 276 g/mol. The zero-order valence-corrected chi connectivity index (χ0v) is 15.0. The molecule has 0 aromatic rings. The molecule has 0 amide bonds. The number of nitrogens with zero attached hydrogens (tertiary/aromatic N) is 2. The van der Waals surface area contributed by atoms with Crippen molar-refractivity contribution in [2.24, 2.45) is 10.9 Å². The molecule has 1 heterocycles. The molecule has 130 valence electrons. The van der Waals surface area contributed by atoms with Crippen molar-refractivity contribution in [2.75, 3.05) is 46.4 Å². The first kappa shape index (κ1) is 19.2. The SMILES string of the molecule is CCOCCCCNC(=NC)NCC(C)N1CCCC(C)C1. The van der Waals surface area contributed by atoms with E-state index in [1.54, 1.807) is 0 Å². The Morgan fingerprint density at radius 3 is 2.86 bits per heavy atom. The number of ether oxygens (including phenoxy) is 1. The zero-order chi connectivity index (χ0) is 16.2. The molecule has 0 radical (unpaired) electrons. The van der Waals surface area contributed by atoms with Gasteiger partial charge < -0.3 is 15.4 Å². The van der Waals surface area contributed by atoms with Gasteiger partial charge in [0.15, 0.2) is 5.96 Å². The van der Waals surface area contributed by atoms with E-state index in [2.05, 4.69) is 34.4 Å². The Morgan fingerprint density at radius 1 is 1.36 bits per heavy atom. The van der Waals surface area contributed by atoms with Gasteiger partial charge in [0.2, 0.25) is 0 Å². The Balaban J connectivity index is 2.14. The number of rotatable bonds is 9. The highest BCUT2D eigenvalue weighted by atomic mass is 16.5. The normalized spacial score (nSPS) is 21.6. The van der Waals surface area contributed by atoms with Gasteiger partial charge in [-0.2, -0.15) is 0 Å². The Labute approximate surface area is 136 Å². The second-order valence-electron chi connectivity index (χ2n) is 6.38. The van der Waals surface area contributed by atoms with Gasteiger partial charge in [-0.1, -0.05) is 6.92 Å². The van der Waals surface area contributed by atoms with Gasteiger partial charge >= 0.3 is 0 Å². The molecule has 0 aromatic carbocycles. The van der Waals surface area contributed by atoms with Gasteiger partial charge in [0.25, 0.3) is 0 Å². The molecule has 5 nitrogen and oxygen atoms in total. The molecular formula is C17H36N4O. The van der Waals surface area contributed by atoms with Crippen LogP contribution in [0.15, 0.2) is 4.99 Å². The topological polar surface area (TPSA) is 48.9 Å². The van der Waals surface area contributed by atoms with Gasteiger partial charge in [-0.05, 0) is 52.0 Å². The number of aliphatic imine (C=N–C) groups is 1. The lowest BCUT2D eigenvalue weighted by Crippen LogP contribution is -2.48. The van der Waals surface area contributed by atoms with Crippen molar-refractivity contribution in [1.29, 1.82) is 0 Å². The second-order valence-corrected chi connectivity index (χ2v) is 6.38. The Hall–Kier alpha value is -0.810. The fourth-order valence-corrected chi connectivity index (χ4v) is 2.90. The minimum absolute atomic E-state index is 0.555. The summed E-state index contributed by atoms with van der Waals surface area (Å²) in [4.78, 5) is 6.89. The summed E-state index contributed by atoms with van der Waals surface area (Å²) in [6.07, 6.45) is 4.92. The summed E-state index contributed by atoms with van der Waals surface area (Å²) in [7, 11) is 1.84. The highest BCUT2D eigenvalue weighted by Crippen LogP contribution is 2.17. The number of piperidine rings is 1. The van der Waals surface area contributed by atoms with Gasteiger partial charge in [-0.25, -0.2) is 0 Å². The Morgan fingerprint density at radius 2 is 2.18 bits per heavy atom. The fraction of sp³-hybridized carbons (Fsp3) is 0.941. The number of hydrogen-bond donors (Lipinski definition) is 2. The first-order chi connectivity index (χ1) is 10.7. The molecule has 0 bridgehead atoms. The molecule has 1 fully saturated rings. The van der Waals surface area contributed by atoms with Crippen molar-refractivity contribution in [3.8, 4) is 0 Å². The lowest BCUT2D eigenvalue weighted by molar-refractivity contribution is 0.139. The van der Waals surface area contributed by atoms with Crippen LogP contribution in [0.25, 0.3) is 0 Å². The van der Waals surface area contributed by atoms with Crippen LogP contribution in [-0.4, -0.2) is 63.3 Å². The highest BCUT2D eigenvalue weighted by molar-refractivity contribution is 5.79. The predicted octanol–water partition coefficient (Wildman–Crippen LogP) is 2.09. The molecule has 0 aromatic heterocycles. The lowest BCUT2D eigenvalue weighted by Gasteiger charge is -2.35. The van der Waals surface area contributed by atoms with Gasteiger partial charge in [0.05, 0.1) is 0 Å². The molecule has 2 atom stereocenters. The summed E-state index contributed by atoms with van der Waals surface area (Å²) in [6.45, 7) is 12.7. The number of nitrogens with one attached hydrogen (secondary N) is 2. The summed E-state index contributed by atoms with van der Waals surface area (Å²) >= 11 is 0. The van der Waals surface area contributed by atoms with E-state index in [9.17, 15) is 0 Å². The Bertz CT molecular complexity index is 309. The summed E-state index contributed by atoms with van der Waals surface area (Å²) in [6, 6.07) is 0.555. The van der Waals surface area contributed by atoms with Crippen LogP contribution < -0.4 is 10.6 Å². The molecule has 2 unspecified atom stereocenters. The quantitative estimate of drug-likeness (QED) is 0.389. The smallest absolute Gasteiger partial charge is 0.191 e. The van der Waals surface area contributed by atoms with E-state index in [0.717, 1.165) is 51.0 Å². The molecule has 1 rings (SSSR count). The number of guanidine groups is 1. The molecule has 0 saturated carbocycles. The van der Waals surface area contributed by atoms with Crippen molar-refractivity contribution in [2.45, 2.75) is 52.5 Å². The first-order valence-corrected chi connectivity index (χ1v) is 8.93. The molecule has 2 N–H and O–H groups in total. The molecule has 0 aliphatic carbocycles. The van der Waals surface area contributed by atoms with Gasteiger partial charge in [-0.3, -0.25) is 9.89 Å². The van der Waals surface area contributed by atoms with Crippen molar-refractivity contribution in [1.82, 2.24) is 15.5 Å². The summed E-state index contributed by atoms with van der Waals surface area (Å²) in [5, 5.41) is 6.83. The molecule has 5 heteroatoms. The summed E-state index contributed by atoms with van der Waals surface area (Å²) in [5.74, 6) is 1.74. The molecule has 22 heavy (non-hydrogen) atoms. The van der Waals surface area contributed by atoms with Crippen molar-refractivity contribution < 1.29 is 4.74 Å². The van der Waals surface area contributed by atoms with Crippen molar-refractivity contribution in [3.63, 3.8) is 0 Å². The maximum Gasteiger partial charge on any atom is 0.191 e. The van der Waals surface area contributed by atoms with E-state index < -0.39 is 0 Å². The molecule has 1 aliphatic heterocycles. The zero-order valence-electron chi connectivity index (χ0n) is 15.0. The van der Waals surface area contributed by atoms with Crippen LogP contribution in [0, 0.1) is 5.92 Å². The van der Waals surface area contributed by atoms with Crippen molar-refractivity contribution in [3.05, 3.63) is 0 Å². The van der Waals surface area contributed by atoms with E-state index in [-0.39, 0.29) is 0 Å². The third-order valence-corrected chi connectivity index (χ3v) is 4.31. The standard InChI is InChI=1S/C17H36N4O/c1-5-22-12-7-6-10-19-17(18-4)20-13-16(3)21-11-8-9-15(2)14-21/h15-16H,5-14H2,1-4H3,(H2,18,19,20). The largest absolute Gasteiger partial charge is 0.382 e. The minimum Gasteiger partial charge on any atom is -0.382 e. The van der Waals surface area contributed by atoms with Crippen LogP contribution >= 0.6 is 0 Å². The molecule has 1 saturated heterocycles. The number of unbranched alkanes of at least 4 members (excludes halogenated alkanes) is 1. The van der Waals surface area contributed by atoms with Gasteiger partial charge in [0.1, 0.15) is 0 Å². The molecule has 1 aliphatic rings. The minimum atomic E-state index is 0.555. The third kappa shape index (κ3) is 7.99. The highest BCUT2D eigenvalue weighted by Gasteiger charge is 2.20. The summed E-state index contributed by atoms with van der Waals surface area (Å²) < 4.78 is 5.34. The van der Waals surface area contributed by atoms with E-state index >= 15 is 0 Å². The second kappa shape index (κ2) is 11.7. The van der Waals surface area contributed by atoms with E-state index in [0.29, 0.717) is 6.04 Å². The van der Waals surface area contributed by atoms with Crippen LogP contribution in [0.2, 0.25) is 0 Å². The molecule has 0 spiro atoms. The average Bonchev–Trinajstić information content (AvgIpc) is 2.53. The maximum absolute atomic E-state index is 5.34.